The largest absolute Gasteiger partial charge is 0.378 e. The molecule has 1 heterocycles. The van der Waals surface area contributed by atoms with Crippen molar-refractivity contribution in [2.45, 2.75) is 18.5 Å². The average Bonchev–Trinajstić information content (AvgIpc) is 3.20. The van der Waals surface area contributed by atoms with Crippen molar-refractivity contribution in [2.24, 2.45) is 0 Å². The van der Waals surface area contributed by atoms with E-state index in [1.165, 1.54) is 16.8 Å². The molecule has 3 rings (SSSR count). The molecule has 2 N–H and O–H groups in total. The van der Waals surface area contributed by atoms with Gasteiger partial charge in [-0.1, -0.05) is 66.8 Å². The highest BCUT2D eigenvalue weighted by atomic mass is 16.2. The summed E-state index contributed by atoms with van der Waals surface area (Å²) in [7, 11) is 5.80. The van der Waals surface area contributed by atoms with Crippen LogP contribution in [0.2, 0.25) is 0 Å². The fourth-order valence-corrected chi connectivity index (χ4v) is 3.89. The predicted molar refractivity (Wildman–Crippen MR) is 131 cm³/mol. The Morgan fingerprint density at radius 1 is 1.03 bits per heavy atom. The molecule has 2 atom stereocenters. The van der Waals surface area contributed by atoms with Gasteiger partial charge in [-0.3, -0.25) is 9.69 Å². The van der Waals surface area contributed by atoms with Crippen molar-refractivity contribution in [3.63, 3.8) is 0 Å². The van der Waals surface area contributed by atoms with E-state index in [0.29, 0.717) is 6.04 Å². The zero-order valence-corrected chi connectivity index (χ0v) is 18.8. The quantitative estimate of drug-likeness (QED) is 0.656. The second-order valence-electron chi connectivity index (χ2n) is 8.13. The predicted octanol–water partition coefficient (Wildman–Crippen LogP) is 3.26. The molecule has 0 unspecified atom stereocenters. The van der Waals surface area contributed by atoms with Gasteiger partial charge >= 0.3 is 0 Å². The van der Waals surface area contributed by atoms with Crippen molar-refractivity contribution in [3.05, 3.63) is 77.9 Å². The van der Waals surface area contributed by atoms with Crippen LogP contribution in [0.15, 0.2) is 66.7 Å². The number of likely N-dealkylation sites (N-methyl/N-ethyl adjacent to an activating group) is 1. The fraction of sp³-hybridized carbons (Fsp3) is 0.346. The topological polar surface area (TPSA) is 47.6 Å². The Kier molecular flexibility index (Phi) is 8.44. The van der Waals surface area contributed by atoms with Crippen molar-refractivity contribution in [2.75, 3.05) is 45.7 Å². The maximum Gasteiger partial charge on any atom is 0.237 e. The molecule has 164 valence electrons. The monoisotopic (exact) mass is 418 g/mol. The van der Waals surface area contributed by atoms with Crippen LogP contribution in [0.4, 0.5) is 5.69 Å². The van der Waals surface area contributed by atoms with E-state index in [4.69, 9.17) is 0 Å². The van der Waals surface area contributed by atoms with Gasteiger partial charge in [-0.05, 0) is 29.7 Å². The lowest BCUT2D eigenvalue weighted by Crippen LogP contribution is -2.41. The summed E-state index contributed by atoms with van der Waals surface area (Å²) in [6.07, 6.45) is 9.37. The Morgan fingerprint density at radius 2 is 1.71 bits per heavy atom. The molecule has 1 aliphatic rings. The first-order valence-electron chi connectivity index (χ1n) is 10.9. The first kappa shape index (κ1) is 22.8. The minimum absolute atomic E-state index is 0.0916. The Hall–Kier alpha value is -2.89. The van der Waals surface area contributed by atoms with E-state index in [9.17, 15) is 4.79 Å². The minimum Gasteiger partial charge on any atom is -0.378 e. The lowest BCUT2D eigenvalue weighted by molar-refractivity contribution is -0.124. The van der Waals surface area contributed by atoms with Crippen LogP contribution in [0.1, 0.15) is 17.5 Å². The number of rotatable bonds is 9. The van der Waals surface area contributed by atoms with Gasteiger partial charge in [-0.2, -0.15) is 0 Å². The van der Waals surface area contributed by atoms with Crippen LogP contribution in [0, 0.1) is 0 Å². The zero-order valence-electron chi connectivity index (χ0n) is 18.8. The molecule has 5 heteroatoms. The third-order valence-electron chi connectivity index (χ3n) is 5.65. The highest BCUT2D eigenvalue weighted by Crippen LogP contribution is 2.19. The standard InChI is InChI=1S/C26H34N4O/c1-27-26(31)25-19-23(20-30(25)18-8-12-21-9-5-4-6-10-21)28-17-7-11-22-13-15-24(16-14-22)29(2)3/h4-16,23,25,28H,17-20H2,1-3H3,(H,27,31)/b11-7+,12-8+/t23-,25-/m0/s1. The number of nitrogens with one attached hydrogen (secondary N) is 2. The molecule has 2 aromatic rings. The first-order chi connectivity index (χ1) is 15.1. The number of carbonyl (C=O) groups excluding carboxylic acids is 1. The van der Waals surface area contributed by atoms with E-state index in [0.717, 1.165) is 26.1 Å². The number of anilines is 1. The van der Waals surface area contributed by atoms with Crippen LogP contribution in [0.25, 0.3) is 12.2 Å². The summed E-state index contributed by atoms with van der Waals surface area (Å²) in [5.41, 5.74) is 3.56. The molecule has 0 aromatic heterocycles. The molecule has 1 fully saturated rings. The van der Waals surface area contributed by atoms with Crippen molar-refractivity contribution in [1.82, 2.24) is 15.5 Å². The van der Waals surface area contributed by atoms with Crippen LogP contribution in [-0.4, -0.2) is 63.7 Å². The number of carbonyl (C=O) groups is 1. The lowest BCUT2D eigenvalue weighted by atomic mass is 10.1. The van der Waals surface area contributed by atoms with Gasteiger partial charge in [0.05, 0.1) is 6.04 Å². The number of hydrogen-bond acceptors (Lipinski definition) is 4. The molecule has 0 spiro atoms. The Morgan fingerprint density at radius 3 is 2.39 bits per heavy atom. The van der Waals surface area contributed by atoms with E-state index < -0.39 is 0 Å². The van der Waals surface area contributed by atoms with Crippen molar-refractivity contribution < 1.29 is 4.79 Å². The van der Waals surface area contributed by atoms with Crippen LogP contribution in [-0.2, 0) is 4.79 Å². The normalized spacial score (nSPS) is 19.3. The molecular weight excluding hydrogens is 384 g/mol. The van der Waals surface area contributed by atoms with Crippen molar-refractivity contribution >= 4 is 23.7 Å². The Bertz CT molecular complexity index is 874. The number of nitrogens with zero attached hydrogens (tertiary/aromatic N) is 2. The minimum atomic E-state index is -0.0921. The second-order valence-corrected chi connectivity index (χ2v) is 8.13. The van der Waals surface area contributed by atoms with Gasteiger partial charge in [0.2, 0.25) is 5.91 Å². The van der Waals surface area contributed by atoms with Gasteiger partial charge in [-0.15, -0.1) is 0 Å². The van der Waals surface area contributed by atoms with Gasteiger partial charge < -0.3 is 15.5 Å². The van der Waals surface area contributed by atoms with Crippen LogP contribution >= 0.6 is 0 Å². The molecule has 5 nitrogen and oxygen atoms in total. The summed E-state index contributed by atoms with van der Waals surface area (Å²) < 4.78 is 0. The third kappa shape index (κ3) is 6.81. The molecule has 31 heavy (non-hydrogen) atoms. The van der Waals surface area contributed by atoms with Gasteiger partial charge in [0.25, 0.3) is 0 Å². The zero-order chi connectivity index (χ0) is 22.1. The maximum atomic E-state index is 12.4. The molecule has 0 saturated carbocycles. The van der Waals surface area contributed by atoms with Crippen molar-refractivity contribution in [3.8, 4) is 0 Å². The highest BCUT2D eigenvalue weighted by molar-refractivity contribution is 5.82. The van der Waals surface area contributed by atoms with E-state index in [1.807, 2.05) is 32.3 Å². The molecule has 1 saturated heterocycles. The second kappa shape index (κ2) is 11.5. The Labute approximate surface area is 186 Å². The van der Waals surface area contributed by atoms with Crippen molar-refractivity contribution in [1.29, 1.82) is 0 Å². The van der Waals surface area contributed by atoms with Gasteiger partial charge in [0, 0.05) is 52.5 Å². The fourth-order valence-electron chi connectivity index (χ4n) is 3.89. The summed E-state index contributed by atoms with van der Waals surface area (Å²) in [5, 5.41) is 6.40. The molecule has 0 radical (unpaired) electrons. The summed E-state index contributed by atoms with van der Waals surface area (Å²) in [6.45, 7) is 2.41. The van der Waals surface area contributed by atoms with Crippen LogP contribution in [0.5, 0.6) is 0 Å². The molecule has 1 amide bonds. The average molecular weight is 419 g/mol. The van der Waals surface area contributed by atoms with E-state index >= 15 is 0 Å². The summed E-state index contributed by atoms with van der Waals surface area (Å²) in [6, 6.07) is 19.0. The number of likely N-dealkylation sites (tertiary alicyclic amines) is 1. The summed E-state index contributed by atoms with van der Waals surface area (Å²) >= 11 is 0. The first-order valence-corrected chi connectivity index (χ1v) is 10.9. The lowest BCUT2D eigenvalue weighted by Gasteiger charge is -2.21. The van der Waals surface area contributed by atoms with E-state index in [1.54, 1.807) is 7.05 Å². The van der Waals surface area contributed by atoms with Gasteiger partial charge in [-0.25, -0.2) is 0 Å². The number of benzene rings is 2. The van der Waals surface area contributed by atoms with Crippen LogP contribution < -0.4 is 15.5 Å². The Balaban J connectivity index is 1.51. The van der Waals surface area contributed by atoms with Gasteiger partial charge in [0.15, 0.2) is 0 Å². The summed E-state index contributed by atoms with van der Waals surface area (Å²) in [5.74, 6) is 0.0916. The maximum absolute atomic E-state index is 12.4. The van der Waals surface area contributed by atoms with Crippen LogP contribution in [0.3, 0.4) is 0 Å². The molecule has 0 aliphatic carbocycles. The SMILES string of the molecule is CNC(=O)[C@@H]1C[C@H](NC/C=C/c2ccc(N(C)C)cc2)CN1C/C=C/c1ccccc1. The number of hydrogen-bond donors (Lipinski definition) is 2. The number of amides is 1. The van der Waals surface area contributed by atoms with E-state index in [-0.39, 0.29) is 11.9 Å². The molecule has 2 aromatic carbocycles. The van der Waals surface area contributed by atoms with E-state index in [2.05, 4.69) is 81.1 Å². The molecular formula is C26H34N4O. The smallest absolute Gasteiger partial charge is 0.237 e. The summed E-state index contributed by atoms with van der Waals surface area (Å²) in [4.78, 5) is 16.7. The third-order valence-corrected chi connectivity index (χ3v) is 5.65. The molecule has 1 aliphatic heterocycles. The molecule has 0 bridgehead atoms. The highest BCUT2D eigenvalue weighted by Gasteiger charge is 2.35. The van der Waals surface area contributed by atoms with Gasteiger partial charge in [0.1, 0.15) is 0 Å².